The second-order valence-electron chi connectivity index (χ2n) is 5.22. The maximum absolute atomic E-state index is 12.6. The molecule has 0 saturated heterocycles. The van der Waals surface area contributed by atoms with E-state index in [1.165, 1.54) is 23.6 Å². The quantitative estimate of drug-likeness (QED) is 0.616. The average molecular weight is 416 g/mol. The van der Waals surface area contributed by atoms with E-state index in [-0.39, 0.29) is 11.3 Å². The van der Waals surface area contributed by atoms with Gasteiger partial charge in [0.1, 0.15) is 10.8 Å². The van der Waals surface area contributed by atoms with Crippen LogP contribution in [0.1, 0.15) is 10.4 Å². The molecule has 27 heavy (non-hydrogen) atoms. The number of nitrogens with one attached hydrogen (secondary N) is 2. The van der Waals surface area contributed by atoms with Gasteiger partial charge in [0.2, 0.25) is 5.91 Å². The Morgan fingerprint density at radius 3 is 2.74 bits per heavy atom. The molecule has 4 N–H and O–H groups in total. The lowest BCUT2D eigenvalue weighted by Crippen LogP contribution is -2.19. The molecule has 1 amide bonds. The minimum Gasteiger partial charge on any atom is -0.401 e. The van der Waals surface area contributed by atoms with Crippen molar-refractivity contribution in [2.24, 2.45) is 5.73 Å². The molecular formula is C16H11ClF3N4O2S+. The van der Waals surface area contributed by atoms with Crippen molar-refractivity contribution in [1.82, 2.24) is 4.98 Å². The van der Waals surface area contributed by atoms with E-state index >= 15 is 0 Å². The van der Waals surface area contributed by atoms with Crippen LogP contribution in [0.15, 0.2) is 41.9 Å². The molecule has 0 aliphatic heterocycles. The Labute approximate surface area is 159 Å². The predicted molar refractivity (Wildman–Crippen MR) is 94.0 cm³/mol. The van der Waals surface area contributed by atoms with Gasteiger partial charge in [0, 0.05) is 28.8 Å². The molecule has 11 heteroatoms. The van der Waals surface area contributed by atoms with E-state index in [4.69, 9.17) is 17.3 Å². The highest BCUT2D eigenvalue weighted by molar-refractivity contribution is 7.13. The fraction of sp³-hybridized carbons (Fsp3) is 0.0625. The Kier molecular flexibility index (Phi) is 5.19. The second-order valence-corrected chi connectivity index (χ2v) is 6.49. The van der Waals surface area contributed by atoms with Crippen LogP contribution in [-0.4, -0.2) is 17.3 Å². The van der Waals surface area contributed by atoms with E-state index in [0.717, 1.165) is 17.7 Å². The van der Waals surface area contributed by atoms with E-state index in [1.54, 1.807) is 17.5 Å². The molecule has 2 aromatic heterocycles. The zero-order valence-corrected chi connectivity index (χ0v) is 14.9. The smallest absolute Gasteiger partial charge is 0.401 e. The lowest BCUT2D eigenvalue weighted by Gasteiger charge is -2.11. The molecular weight excluding hydrogens is 405 g/mol. The zero-order valence-electron chi connectivity index (χ0n) is 13.3. The lowest BCUT2D eigenvalue weighted by molar-refractivity contribution is -0.340. The monoisotopic (exact) mass is 415 g/mol. The molecule has 3 rings (SSSR count). The molecule has 140 valence electrons. The number of ether oxygens (including phenoxy) is 1. The highest BCUT2D eigenvalue weighted by Gasteiger charge is 2.33. The molecule has 0 unspecified atom stereocenters. The van der Waals surface area contributed by atoms with Gasteiger partial charge in [-0.15, -0.1) is 13.2 Å². The Bertz CT molecular complexity index is 994. The second kappa shape index (κ2) is 7.41. The Balaban J connectivity index is 1.92. The zero-order chi connectivity index (χ0) is 19.6. The van der Waals surface area contributed by atoms with Crippen molar-refractivity contribution < 1.29 is 27.7 Å². The molecule has 0 spiro atoms. The van der Waals surface area contributed by atoms with Crippen LogP contribution in [0.3, 0.4) is 0 Å². The first-order chi connectivity index (χ1) is 12.7. The van der Waals surface area contributed by atoms with Crippen molar-refractivity contribution in [3.05, 3.63) is 52.6 Å². The third-order valence-corrected chi connectivity index (χ3v) is 4.32. The van der Waals surface area contributed by atoms with Gasteiger partial charge in [-0.25, -0.2) is 15.3 Å². The molecule has 0 aliphatic carbocycles. The molecule has 2 heterocycles. The third-order valence-electron chi connectivity index (χ3n) is 3.32. The van der Waals surface area contributed by atoms with Crippen molar-refractivity contribution >= 4 is 39.7 Å². The number of carbonyl (C=O) groups is 1. The van der Waals surface area contributed by atoms with Crippen molar-refractivity contribution in [3.63, 3.8) is 0 Å². The van der Waals surface area contributed by atoms with Gasteiger partial charge in [-0.1, -0.05) is 22.9 Å². The highest BCUT2D eigenvalue weighted by Crippen LogP contribution is 2.34. The van der Waals surface area contributed by atoms with Crippen molar-refractivity contribution in [2.75, 3.05) is 5.32 Å². The normalized spacial score (nSPS) is 11.3. The molecule has 0 fully saturated rings. The summed E-state index contributed by atoms with van der Waals surface area (Å²) in [5.41, 5.74) is 6.58. The average Bonchev–Trinajstić information content (AvgIpc) is 3.03. The SMILES string of the molecule is NC(=O)c1ccc(OC(F)(F)F)c(Nc2[nH+]c(-c3ccnc(Cl)c3)cs2)c1. The number of anilines is 2. The van der Waals surface area contributed by atoms with Gasteiger partial charge in [-0.2, -0.15) is 0 Å². The maximum Gasteiger partial charge on any atom is 0.573 e. The van der Waals surface area contributed by atoms with E-state index in [2.05, 4.69) is 20.0 Å². The number of aromatic amines is 1. The van der Waals surface area contributed by atoms with Gasteiger partial charge < -0.3 is 10.5 Å². The summed E-state index contributed by atoms with van der Waals surface area (Å²) in [5, 5.41) is 5.23. The van der Waals surface area contributed by atoms with Crippen LogP contribution in [0.5, 0.6) is 5.75 Å². The van der Waals surface area contributed by atoms with Gasteiger partial charge in [-0.3, -0.25) is 4.79 Å². The summed E-state index contributed by atoms with van der Waals surface area (Å²) in [7, 11) is 0. The number of amides is 1. The summed E-state index contributed by atoms with van der Waals surface area (Å²) >= 11 is 7.06. The molecule has 0 radical (unpaired) electrons. The number of benzene rings is 1. The van der Waals surface area contributed by atoms with Crippen molar-refractivity contribution in [2.45, 2.75) is 6.36 Å². The topological polar surface area (TPSA) is 91.4 Å². The first kappa shape index (κ1) is 18.9. The minimum absolute atomic E-state index is 0.0321. The number of primary amides is 1. The molecule has 3 aromatic rings. The van der Waals surface area contributed by atoms with Gasteiger partial charge >= 0.3 is 11.5 Å². The first-order valence-corrected chi connectivity index (χ1v) is 8.56. The summed E-state index contributed by atoms with van der Waals surface area (Å²) in [6.07, 6.45) is -3.36. The van der Waals surface area contributed by atoms with Gasteiger partial charge in [0.05, 0.1) is 0 Å². The number of hydrogen-bond acceptors (Lipinski definition) is 5. The number of pyridine rings is 1. The van der Waals surface area contributed by atoms with Crippen LogP contribution in [-0.2, 0) is 0 Å². The van der Waals surface area contributed by atoms with Crippen LogP contribution >= 0.6 is 22.9 Å². The van der Waals surface area contributed by atoms with E-state index in [0.29, 0.717) is 16.0 Å². The molecule has 0 saturated carbocycles. The number of aromatic nitrogens is 2. The predicted octanol–water partition coefficient (Wildman–Crippen LogP) is 4.02. The Morgan fingerprint density at radius 2 is 2.07 bits per heavy atom. The van der Waals surface area contributed by atoms with E-state index in [1.807, 2.05) is 0 Å². The number of rotatable bonds is 5. The van der Waals surface area contributed by atoms with Crippen LogP contribution < -0.4 is 20.8 Å². The number of nitrogens with zero attached hydrogens (tertiary/aromatic N) is 1. The van der Waals surface area contributed by atoms with Crippen molar-refractivity contribution in [1.29, 1.82) is 0 Å². The maximum atomic E-state index is 12.6. The summed E-state index contributed by atoms with van der Waals surface area (Å²) in [5.74, 6) is -1.28. The fourth-order valence-corrected chi connectivity index (χ4v) is 3.13. The summed E-state index contributed by atoms with van der Waals surface area (Å²) < 4.78 is 41.8. The van der Waals surface area contributed by atoms with Gasteiger partial charge in [0.15, 0.2) is 11.4 Å². The number of alkyl halides is 3. The summed E-state index contributed by atoms with van der Waals surface area (Å²) in [6.45, 7) is 0. The van der Waals surface area contributed by atoms with E-state index < -0.39 is 18.0 Å². The van der Waals surface area contributed by atoms with Gasteiger partial charge in [0.25, 0.3) is 0 Å². The largest absolute Gasteiger partial charge is 0.573 e. The number of thiazole rings is 1. The minimum atomic E-state index is -4.89. The third kappa shape index (κ3) is 4.86. The molecule has 1 aromatic carbocycles. The standard InChI is InChI=1S/C16H10ClF3N4O2S/c17-13-6-8(3-4-22-13)11-7-27-15(24-11)23-10-5-9(14(21)25)1-2-12(10)26-16(18,19)20/h1-7H,(H2,21,25)(H,23,24)/p+1. The number of nitrogens with two attached hydrogens (primary N) is 1. The summed E-state index contributed by atoms with van der Waals surface area (Å²) in [4.78, 5) is 18.2. The number of halogens is 4. The molecule has 0 aliphatic rings. The van der Waals surface area contributed by atoms with Crippen LogP contribution in [0.25, 0.3) is 11.3 Å². The lowest BCUT2D eigenvalue weighted by atomic mass is 10.2. The number of hydrogen-bond donors (Lipinski definition) is 2. The molecule has 0 bridgehead atoms. The molecule has 6 nitrogen and oxygen atoms in total. The molecule has 0 atom stereocenters. The van der Waals surface area contributed by atoms with Crippen molar-refractivity contribution in [3.8, 4) is 17.0 Å². The van der Waals surface area contributed by atoms with E-state index in [9.17, 15) is 18.0 Å². The van der Waals surface area contributed by atoms with Crippen LogP contribution in [0, 0.1) is 0 Å². The number of H-pyrrole nitrogens is 1. The van der Waals surface area contributed by atoms with Crippen LogP contribution in [0.4, 0.5) is 24.0 Å². The van der Waals surface area contributed by atoms with Crippen LogP contribution in [0.2, 0.25) is 5.15 Å². The fourth-order valence-electron chi connectivity index (χ4n) is 2.19. The Morgan fingerprint density at radius 1 is 1.30 bits per heavy atom. The number of carbonyl (C=O) groups excluding carboxylic acids is 1. The Hall–Kier alpha value is -2.85. The van der Waals surface area contributed by atoms with Gasteiger partial charge in [-0.05, 0) is 24.3 Å². The summed E-state index contributed by atoms with van der Waals surface area (Å²) in [6, 6.07) is 6.71. The highest BCUT2D eigenvalue weighted by atomic mass is 35.5. The first-order valence-electron chi connectivity index (χ1n) is 7.30.